The number of ether oxygens (including phenoxy) is 1. The summed E-state index contributed by atoms with van der Waals surface area (Å²) in [5, 5.41) is 2.64. The Hall–Kier alpha value is -5.45. The Morgan fingerprint density at radius 3 is 2.17 bits per heavy atom. The molecule has 1 saturated carbocycles. The van der Waals surface area contributed by atoms with Gasteiger partial charge in [-0.25, -0.2) is 4.85 Å². The molecule has 2 unspecified atom stereocenters. The molecule has 14 heteroatoms. The van der Waals surface area contributed by atoms with E-state index in [0.29, 0.717) is 52.3 Å². The van der Waals surface area contributed by atoms with Crippen LogP contribution in [-0.4, -0.2) is 115 Å². The number of likely N-dealkylation sites (tertiary alicyclic amines) is 1. The Balaban J connectivity index is 0.752. The first-order valence-corrected chi connectivity index (χ1v) is 20.8. The lowest BCUT2D eigenvalue weighted by atomic mass is 9.62. The summed E-state index contributed by atoms with van der Waals surface area (Å²) in [6.45, 7) is 13.9. The maximum atomic E-state index is 13.8. The molecule has 5 heterocycles. The van der Waals surface area contributed by atoms with Crippen molar-refractivity contribution < 1.29 is 28.7 Å². The van der Waals surface area contributed by atoms with Gasteiger partial charge in [0.05, 0.1) is 22.7 Å². The van der Waals surface area contributed by atoms with Crippen molar-refractivity contribution >= 4 is 58.2 Å². The number of carbonyl (C=O) groups excluding carboxylic acids is 5. The van der Waals surface area contributed by atoms with Crippen LogP contribution in [0.1, 0.15) is 82.4 Å². The minimum Gasteiger partial charge on any atom is -0.490 e. The maximum Gasteiger partial charge on any atom is 0.262 e. The van der Waals surface area contributed by atoms with E-state index in [4.69, 9.17) is 22.9 Å². The molecule has 13 nitrogen and oxygen atoms in total. The molecular formula is C44H46ClN7O6. The van der Waals surface area contributed by atoms with Crippen molar-refractivity contribution in [1.29, 1.82) is 0 Å². The van der Waals surface area contributed by atoms with Crippen molar-refractivity contribution in [3.8, 4) is 5.75 Å². The average molecular weight is 804 g/mol. The molecule has 5 amide bonds. The molecule has 5 fully saturated rings. The van der Waals surface area contributed by atoms with Gasteiger partial charge in [-0.05, 0) is 86.7 Å². The van der Waals surface area contributed by atoms with Gasteiger partial charge in [-0.2, -0.15) is 0 Å². The molecular weight excluding hydrogens is 758 g/mol. The Morgan fingerprint density at radius 1 is 0.793 bits per heavy atom. The maximum absolute atomic E-state index is 13.8. The highest BCUT2D eigenvalue weighted by Crippen LogP contribution is 2.49. The van der Waals surface area contributed by atoms with E-state index in [9.17, 15) is 24.0 Å². The molecule has 0 aromatic heterocycles. The van der Waals surface area contributed by atoms with Crippen LogP contribution in [0, 0.1) is 12.0 Å². The number of anilines is 2. The van der Waals surface area contributed by atoms with Gasteiger partial charge in [-0.1, -0.05) is 24.1 Å². The standard InChI is InChI=1S/C44H46ClN7O6/c1-46-36-10-8-32(26-35(36)45)58-38-15-20-51(27-44(38)16-2-17-44)41(55)28-3-5-29(6-4-28)49-21-23-50(24-22-49)30-13-18-48(19-14-30)31-7-9-33-34(25-31)43(57)52(42(33)56)37-11-12-39(53)47-40(37)54/h3-10,25-26,30,37-38H,2,11-24,27H2,(H,47,53,54). The zero-order valence-electron chi connectivity index (χ0n) is 32.3. The third kappa shape index (κ3) is 6.96. The van der Waals surface area contributed by atoms with Crippen molar-refractivity contribution in [3.63, 3.8) is 0 Å². The molecule has 1 spiro atoms. The highest BCUT2D eigenvalue weighted by Gasteiger charge is 2.50. The van der Waals surface area contributed by atoms with Crippen LogP contribution in [0.4, 0.5) is 17.1 Å². The van der Waals surface area contributed by atoms with E-state index in [1.807, 2.05) is 29.2 Å². The summed E-state index contributed by atoms with van der Waals surface area (Å²) in [4.78, 5) is 78.0. The third-order valence-corrected chi connectivity index (χ3v) is 13.7. The summed E-state index contributed by atoms with van der Waals surface area (Å²) in [5.74, 6) is -1.24. The molecule has 300 valence electrons. The second kappa shape index (κ2) is 15.4. The van der Waals surface area contributed by atoms with E-state index in [1.54, 1.807) is 24.3 Å². The molecule has 0 radical (unpaired) electrons. The summed E-state index contributed by atoms with van der Waals surface area (Å²) in [6, 6.07) is 18.1. The highest BCUT2D eigenvalue weighted by atomic mass is 35.5. The van der Waals surface area contributed by atoms with Crippen molar-refractivity contribution in [3.05, 3.63) is 93.8 Å². The minimum absolute atomic E-state index is 0.0000952. The van der Waals surface area contributed by atoms with Crippen molar-refractivity contribution in [2.45, 2.75) is 69.6 Å². The van der Waals surface area contributed by atoms with Gasteiger partial charge in [0, 0.05) is 93.6 Å². The average Bonchev–Trinajstić information content (AvgIpc) is 3.48. The van der Waals surface area contributed by atoms with E-state index in [0.717, 1.165) is 94.1 Å². The monoisotopic (exact) mass is 803 g/mol. The Morgan fingerprint density at radius 2 is 1.50 bits per heavy atom. The number of imide groups is 2. The van der Waals surface area contributed by atoms with Gasteiger partial charge in [0.15, 0.2) is 0 Å². The smallest absolute Gasteiger partial charge is 0.262 e. The summed E-state index contributed by atoms with van der Waals surface area (Å²) in [5.41, 5.74) is 3.67. The lowest BCUT2D eigenvalue weighted by molar-refractivity contribution is -0.136. The van der Waals surface area contributed by atoms with Gasteiger partial charge >= 0.3 is 0 Å². The first-order chi connectivity index (χ1) is 28.1. The number of hydrogen-bond acceptors (Lipinski definition) is 9. The van der Waals surface area contributed by atoms with E-state index < -0.39 is 29.7 Å². The third-order valence-electron chi connectivity index (χ3n) is 13.4. The number of piperidine rings is 3. The second-order valence-corrected chi connectivity index (χ2v) is 16.9. The molecule has 1 aliphatic carbocycles. The number of carbonyl (C=O) groups is 5. The number of amides is 5. The van der Waals surface area contributed by atoms with Gasteiger partial charge in [0.25, 0.3) is 17.7 Å². The molecule has 9 rings (SSSR count). The number of benzene rings is 3. The summed E-state index contributed by atoms with van der Waals surface area (Å²) in [6.07, 6.45) is 6.11. The van der Waals surface area contributed by atoms with E-state index in [-0.39, 0.29) is 30.3 Å². The SMILES string of the molecule is [C-]#[N+]c1ccc(OC2CCN(C(=O)c3ccc(N4CCN(C5CCN(c6ccc7c(c6)C(=O)N(C6CCC(=O)NC6=O)C7=O)CC5)CC4)cc3)CC23CCC3)cc1Cl. The lowest BCUT2D eigenvalue weighted by Gasteiger charge is -2.53. The van der Waals surface area contributed by atoms with Gasteiger partial charge < -0.3 is 19.4 Å². The molecule has 6 aliphatic rings. The molecule has 3 aromatic carbocycles. The largest absolute Gasteiger partial charge is 0.490 e. The molecule has 0 bridgehead atoms. The van der Waals surface area contributed by atoms with E-state index in [2.05, 4.69) is 37.0 Å². The van der Waals surface area contributed by atoms with Crippen LogP contribution in [0.3, 0.4) is 0 Å². The number of nitrogens with zero attached hydrogens (tertiary/aromatic N) is 6. The number of halogens is 1. The van der Waals surface area contributed by atoms with Crippen LogP contribution in [0.15, 0.2) is 60.7 Å². The normalized spacial score (nSPS) is 23.7. The van der Waals surface area contributed by atoms with Crippen LogP contribution in [0.5, 0.6) is 5.75 Å². The van der Waals surface area contributed by atoms with Crippen LogP contribution in [0.25, 0.3) is 4.85 Å². The van der Waals surface area contributed by atoms with Crippen LogP contribution >= 0.6 is 11.6 Å². The van der Waals surface area contributed by atoms with Crippen molar-refractivity contribution in [2.75, 3.05) is 62.2 Å². The topological polar surface area (TPSA) is 127 Å². The second-order valence-electron chi connectivity index (χ2n) is 16.5. The van der Waals surface area contributed by atoms with Gasteiger partial charge in [-0.3, -0.25) is 39.1 Å². The minimum atomic E-state index is -0.974. The molecule has 1 N–H and O–H groups in total. The molecule has 3 aromatic rings. The number of piperazine rings is 1. The van der Waals surface area contributed by atoms with E-state index in [1.165, 1.54) is 0 Å². The first kappa shape index (κ1) is 38.1. The Kier molecular flexibility index (Phi) is 10.1. The predicted molar refractivity (Wildman–Crippen MR) is 218 cm³/mol. The zero-order chi connectivity index (χ0) is 40.1. The van der Waals surface area contributed by atoms with Gasteiger partial charge in [0.2, 0.25) is 17.5 Å². The summed E-state index contributed by atoms with van der Waals surface area (Å²) >= 11 is 6.28. The van der Waals surface area contributed by atoms with Crippen LogP contribution in [-0.2, 0) is 9.59 Å². The van der Waals surface area contributed by atoms with Crippen molar-refractivity contribution in [1.82, 2.24) is 20.0 Å². The first-order valence-electron chi connectivity index (χ1n) is 20.4. The molecule has 58 heavy (non-hydrogen) atoms. The Bertz CT molecular complexity index is 2200. The number of nitrogens with one attached hydrogen (secondary N) is 1. The predicted octanol–water partition coefficient (Wildman–Crippen LogP) is 5.55. The molecule has 4 saturated heterocycles. The fourth-order valence-corrected chi connectivity index (χ4v) is 10.1. The Labute approximate surface area is 342 Å². The fraction of sp³-hybridized carbons (Fsp3) is 0.455. The number of hydrogen-bond donors (Lipinski definition) is 1. The van der Waals surface area contributed by atoms with Crippen LogP contribution < -0.4 is 19.9 Å². The molecule has 2 atom stereocenters. The summed E-state index contributed by atoms with van der Waals surface area (Å²) < 4.78 is 6.45. The molecule has 5 aliphatic heterocycles. The number of fused-ring (bicyclic) bond motifs is 1. The summed E-state index contributed by atoms with van der Waals surface area (Å²) in [7, 11) is 0. The van der Waals surface area contributed by atoms with E-state index >= 15 is 0 Å². The highest BCUT2D eigenvalue weighted by molar-refractivity contribution is 6.33. The zero-order valence-corrected chi connectivity index (χ0v) is 33.1. The van der Waals surface area contributed by atoms with Gasteiger partial charge in [-0.15, -0.1) is 0 Å². The number of rotatable bonds is 7. The lowest BCUT2D eigenvalue weighted by Crippen LogP contribution is -2.58. The quantitative estimate of drug-likeness (QED) is 0.242. The van der Waals surface area contributed by atoms with Crippen molar-refractivity contribution in [2.24, 2.45) is 5.41 Å². The fourth-order valence-electron chi connectivity index (χ4n) is 9.91. The van der Waals surface area contributed by atoms with Crippen LogP contribution in [0.2, 0.25) is 5.02 Å². The van der Waals surface area contributed by atoms with Gasteiger partial charge in [0.1, 0.15) is 17.9 Å².